The van der Waals surface area contributed by atoms with E-state index in [1.165, 1.54) is 30.0 Å². The molecular weight excluding hydrogens is 314 g/mol. The van der Waals surface area contributed by atoms with Gasteiger partial charge in [-0.1, -0.05) is 11.6 Å². The van der Waals surface area contributed by atoms with E-state index in [9.17, 15) is 8.42 Å². The minimum Gasteiger partial charge on any atom is -0.495 e. The average molecular weight is 328 g/mol. The van der Waals surface area contributed by atoms with Crippen molar-refractivity contribution < 1.29 is 17.6 Å². The molecule has 0 fully saturated rings. The highest BCUT2D eigenvalue weighted by molar-refractivity contribution is 7.92. The molecular formula is C14H14ClNO4S. The molecule has 0 unspecified atom stereocenters. The van der Waals surface area contributed by atoms with Crippen LogP contribution in [0.4, 0.5) is 5.69 Å². The second-order valence-electron chi connectivity index (χ2n) is 4.72. The van der Waals surface area contributed by atoms with Crippen LogP contribution in [0.15, 0.2) is 40.0 Å². The SMILES string of the molecule is COc1ccc(Cl)c2c1N(S(=O)(=O)c1ccoc1)CCC2. The third-order valence-corrected chi connectivity index (χ3v) is 5.66. The predicted octanol–water partition coefficient (Wildman–Crippen LogP) is 3.08. The zero-order valence-electron chi connectivity index (χ0n) is 11.4. The summed E-state index contributed by atoms with van der Waals surface area (Å²) in [6, 6.07) is 4.85. The molecule has 1 aliphatic heterocycles. The Balaban J connectivity index is 2.19. The summed E-state index contributed by atoms with van der Waals surface area (Å²) in [6.07, 6.45) is 3.99. The summed E-state index contributed by atoms with van der Waals surface area (Å²) >= 11 is 6.22. The van der Waals surface area contributed by atoms with Crippen molar-refractivity contribution in [2.45, 2.75) is 17.7 Å². The molecule has 0 saturated heterocycles. The largest absolute Gasteiger partial charge is 0.495 e. The maximum absolute atomic E-state index is 12.8. The van der Waals surface area contributed by atoms with Crippen molar-refractivity contribution in [3.63, 3.8) is 0 Å². The van der Waals surface area contributed by atoms with E-state index in [1.807, 2.05) is 0 Å². The Morgan fingerprint density at radius 2 is 2.14 bits per heavy atom. The summed E-state index contributed by atoms with van der Waals surface area (Å²) in [5.41, 5.74) is 1.33. The monoisotopic (exact) mass is 327 g/mol. The summed E-state index contributed by atoms with van der Waals surface area (Å²) < 4.78 is 37.1. The Kier molecular flexibility index (Phi) is 3.59. The summed E-state index contributed by atoms with van der Waals surface area (Å²) in [5, 5.41) is 0.554. The van der Waals surface area contributed by atoms with E-state index in [2.05, 4.69) is 0 Å². The maximum atomic E-state index is 12.8. The molecule has 1 aliphatic rings. The smallest absolute Gasteiger partial charge is 0.267 e. The molecule has 112 valence electrons. The lowest BCUT2D eigenvalue weighted by Crippen LogP contribution is -2.35. The van der Waals surface area contributed by atoms with Gasteiger partial charge in [-0.15, -0.1) is 0 Å². The minimum absolute atomic E-state index is 0.123. The van der Waals surface area contributed by atoms with Crippen molar-refractivity contribution in [3.05, 3.63) is 41.3 Å². The highest BCUT2D eigenvalue weighted by atomic mass is 35.5. The Morgan fingerprint density at radius 1 is 1.33 bits per heavy atom. The van der Waals surface area contributed by atoms with Crippen LogP contribution >= 0.6 is 11.6 Å². The molecule has 0 N–H and O–H groups in total. The molecule has 0 radical (unpaired) electrons. The highest BCUT2D eigenvalue weighted by Gasteiger charge is 2.33. The van der Waals surface area contributed by atoms with Crippen LogP contribution in [0.1, 0.15) is 12.0 Å². The van der Waals surface area contributed by atoms with Gasteiger partial charge in [0.15, 0.2) is 0 Å². The van der Waals surface area contributed by atoms with Crippen LogP contribution in [0.3, 0.4) is 0 Å². The third kappa shape index (κ3) is 2.28. The molecule has 1 aromatic carbocycles. The second kappa shape index (κ2) is 5.27. The number of hydrogen-bond donors (Lipinski definition) is 0. The van der Waals surface area contributed by atoms with Gasteiger partial charge < -0.3 is 9.15 Å². The number of methoxy groups -OCH3 is 1. The first-order valence-electron chi connectivity index (χ1n) is 6.46. The van der Waals surface area contributed by atoms with E-state index >= 15 is 0 Å². The summed E-state index contributed by atoms with van der Waals surface area (Å²) in [5.74, 6) is 0.501. The molecule has 0 bridgehead atoms. The number of nitrogens with zero attached hydrogens (tertiary/aromatic N) is 1. The van der Waals surface area contributed by atoms with Crippen LogP contribution in [0.25, 0.3) is 0 Å². The Labute approximate surface area is 128 Å². The van der Waals surface area contributed by atoms with Crippen molar-refractivity contribution >= 4 is 27.3 Å². The molecule has 0 aliphatic carbocycles. The second-order valence-corrected chi connectivity index (χ2v) is 6.99. The minimum atomic E-state index is -3.68. The molecule has 2 heterocycles. The molecule has 1 aromatic heterocycles. The van der Waals surface area contributed by atoms with E-state index in [0.717, 1.165) is 12.0 Å². The molecule has 0 amide bonds. The molecule has 0 saturated carbocycles. The van der Waals surface area contributed by atoms with Crippen molar-refractivity contribution in [2.24, 2.45) is 0 Å². The van der Waals surface area contributed by atoms with Crippen molar-refractivity contribution in [3.8, 4) is 5.75 Å². The van der Waals surface area contributed by atoms with E-state index in [4.69, 9.17) is 20.8 Å². The standard InChI is InChI=1S/C14H14ClNO4S/c1-19-13-5-4-12(15)11-3-2-7-16(14(11)13)21(17,18)10-6-8-20-9-10/h4-6,8-9H,2-3,7H2,1H3. The number of ether oxygens (including phenoxy) is 1. The number of fused-ring (bicyclic) bond motifs is 1. The first kappa shape index (κ1) is 14.3. The summed E-state index contributed by atoms with van der Waals surface area (Å²) in [4.78, 5) is 0.123. The molecule has 0 atom stereocenters. The fraction of sp³-hybridized carbons (Fsp3) is 0.286. The van der Waals surface area contributed by atoms with Gasteiger partial charge in [-0.2, -0.15) is 0 Å². The van der Waals surface area contributed by atoms with Crippen LogP contribution < -0.4 is 9.04 Å². The van der Waals surface area contributed by atoms with E-state index in [0.29, 0.717) is 29.4 Å². The van der Waals surface area contributed by atoms with Crippen molar-refractivity contribution in [2.75, 3.05) is 18.0 Å². The van der Waals surface area contributed by atoms with Crippen molar-refractivity contribution in [1.29, 1.82) is 0 Å². The van der Waals surface area contributed by atoms with E-state index in [-0.39, 0.29) is 4.90 Å². The summed E-state index contributed by atoms with van der Waals surface area (Å²) in [7, 11) is -2.17. The Bertz CT molecular complexity index is 756. The normalized spacial score (nSPS) is 14.9. The van der Waals surface area contributed by atoms with Gasteiger partial charge >= 0.3 is 0 Å². The van der Waals surface area contributed by atoms with E-state index < -0.39 is 10.0 Å². The number of benzene rings is 1. The average Bonchev–Trinajstić information content (AvgIpc) is 3.02. The lowest BCUT2D eigenvalue weighted by molar-refractivity contribution is 0.414. The van der Waals surface area contributed by atoms with Gasteiger partial charge in [0.25, 0.3) is 10.0 Å². The topological polar surface area (TPSA) is 59.8 Å². The first-order chi connectivity index (χ1) is 10.1. The van der Waals surface area contributed by atoms with Crippen LogP contribution in [0.5, 0.6) is 5.75 Å². The molecule has 2 aromatic rings. The first-order valence-corrected chi connectivity index (χ1v) is 8.28. The lowest BCUT2D eigenvalue weighted by Gasteiger charge is -2.31. The number of hydrogen-bond acceptors (Lipinski definition) is 4. The van der Waals surface area contributed by atoms with Crippen LogP contribution in [-0.4, -0.2) is 22.1 Å². The van der Waals surface area contributed by atoms with Gasteiger partial charge in [-0.25, -0.2) is 8.42 Å². The van der Waals surface area contributed by atoms with E-state index in [1.54, 1.807) is 12.1 Å². The van der Waals surface area contributed by atoms with Gasteiger partial charge in [0.05, 0.1) is 19.1 Å². The predicted molar refractivity (Wildman–Crippen MR) is 79.6 cm³/mol. The van der Waals surface area contributed by atoms with Gasteiger partial charge in [0.2, 0.25) is 0 Å². The number of rotatable bonds is 3. The number of halogens is 1. The maximum Gasteiger partial charge on any atom is 0.267 e. The van der Waals surface area contributed by atoms with Crippen molar-refractivity contribution in [1.82, 2.24) is 0 Å². The summed E-state index contributed by atoms with van der Waals surface area (Å²) in [6.45, 7) is 0.386. The van der Waals surface area contributed by atoms with Crippen LogP contribution in [0.2, 0.25) is 5.02 Å². The van der Waals surface area contributed by atoms with Gasteiger partial charge in [0, 0.05) is 11.6 Å². The van der Waals surface area contributed by atoms with Gasteiger partial charge in [0.1, 0.15) is 16.9 Å². The molecule has 3 rings (SSSR count). The van der Waals surface area contributed by atoms with Gasteiger partial charge in [-0.3, -0.25) is 4.31 Å². The molecule has 21 heavy (non-hydrogen) atoms. The quantitative estimate of drug-likeness (QED) is 0.869. The Hall–Kier alpha value is -1.66. The lowest BCUT2D eigenvalue weighted by atomic mass is 10.0. The number of furan rings is 1. The zero-order valence-corrected chi connectivity index (χ0v) is 12.9. The fourth-order valence-electron chi connectivity index (χ4n) is 2.54. The number of sulfonamides is 1. The zero-order chi connectivity index (χ0) is 15.0. The Morgan fingerprint density at radius 3 is 2.81 bits per heavy atom. The fourth-order valence-corrected chi connectivity index (χ4v) is 4.26. The number of anilines is 1. The van der Waals surface area contributed by atoms with Crippen LogP contribution in [-0.2, 0) is 16.4 Å². The molecule has 5 nitrogen and oxygen atoms in total. The van der Waals surface area contributed by atoms with Gasteiger partial charge in [-0.05, 0) is 36.6 Å². The molecule has 7 heteroatoms. The highest BCUT2D eigenvalue weighted by Crippen LogP contribution is 2.42. The third-order valence-electron chi connectivity index (χ3n) is 3.53. The van der Waals surface area contributed by atoms with Crippen LogP contribution in [0, 0.1) is 0 Å². The molecule has 0 spiro atoms.